The summed E-state index contributed by atoms with van der Waals surface area (Å²) in [6, 6.07) is 4.25. The number of amides is 2. The van der Waals surface area contributed by atoms with Crippen LogP contribution in [0.1, 0.15) is 6.92 Å². The predicted molar refractivity (Wildman–Crippen MR) is 92.9 cm³/mol. The first-order valence-electron chi connectivity index (χ1n) is 8.49. The first-order chi connectivity index (χ1) is 12.9. The van der Waals surface area contributed by atoms with E-state index in [4.69, 9.17) is 14.2 Å². The Bertz CT molecular complexity index is 819. The minimum absolute atomic E-state index is 0.00770. The van der Waals surface area contributed by atoms with Gasteiger partial charge < -0.3 is 24.0 Å². The number of sulfonamides is 1. The summed E-state index contributed by atoms with van der Waals surface area (Å²) >= 11 is 0. The number of nitrogens with zero attached hydrogens (tertiary/aromatic N) is 2. The second kappa shape index (κ2) is 8.01. The van der Waals surface area contributed by atoms with Crippen LogP contribution in [0.3, 0.4) is 0 Å². The SMILES string of the molecule is CCOC(=O)N1CCN(C(=O)CNS(=O)(=O)c2ccc3c(c2)OCO3)CC1. The van der Waals surface area contributed by atoms with Crippen molar-refractivity contribution in [2.75, 3.05) is 46.1 Å². The van der Waals surface area contributed by atoms with Gasteiger partial charge in [-0.2, -0.15) is 0 Å². The molecule has 1 fully saturated rings. The minimum Gasteiger partial charge on any atom is -0.454 e. The molecule has 10 nitrogen and oxygen atoms in total. The lowest BCUT2D eigenvalue weighted by atomic mass is 10.3. The van der Waals surface area contributed by atoms with Gasteiger partial charge in [0.05, 0.1) is 18.0 Å². The van der Waals surface area contributed by atoms with E-state index in [2.05, 4.69) is 4.72 Å². The standard InChI is InChI=1S/C16H21N3O7S/c1-2-24-16(21)19-7-5-18(6-8-19)15(20)10-17-27(22,23)12-3-4-13-14(9-12)26-11-25-13/h3-4,9,17H,2,5-8,10-11H2,1H3. The molecule has 2 heterocycles. The van der Waals surface area contributed by atoms with Crippen molar-refractivity contribution in [2.45, 2.75) is 11.8 Å². The molecule has 2 amide bonds. The summed E-state index contributed by atoms with van der Waals surface area (Å²) in [6.45, 7) is 3.04. The highest BCUT2D eigenvalue weighted by atomic mass is 32.2. The van der Waals surface area contributed by atoms with Gasteiger partial charge in [-0.3, -0.25) is 4.79 Å². The van der Waals surface area contributed by atoms with E-state index in [-0.39, 0.29) is 24.1 Å². The second-order valence-electron chi connectivity index (χ2n) is 5.91. The zero-order valence-electron chi connectivity index (χ0n) is 14.8. The molecule has 1 saturated heterocycles. The predicted octanol–water partition coefficient (Wildman–Crippen LogP) is -0.00570. The monoisotopic (exact) mass is 399 g/mol. The van der Waals surface area contributed by atoms with Crippen LogP contribution in [0.15, 0.2) is 23.1 Å². The molecule has 0 atom stereocenters. The van der Waals surface area contributed by atoms with Crippen LogP contribution < -0.4 is 14.2 Å². The molecule has 0 aromatic heterocycles. The zero-order valence-corrected chi connectivity index (χ0v) is 15.7. The van der Waals surface area contributed by atoms with Gasteiger partial charge in [0.2, 0.25) is 22.7 Å². The molecule has 0 spiro atoms. The fourth-order valence-corrected chi connectivity index (χ4v) is 3.74. The Morgan fingerprint density at radius 1 is 1.11 bits per heavy atom. The smallest absolute Gasteiger partial charge is 0.409 e. The molecular weight excluding hydrogens is 378 g/mol. The molecule has 0 unspecified atom stereocenters. The molecule has 27 heavy (non-hydrogen) atoms. The van der Waals surface area contributed by atoms with E-state index in [1.54, 1.807) is 6.92 Å². The van der Waals surface area contributed by atoms with E-state index in [0.29, 0.717) is 44.3 Å². The lowest BCUT2D eigenvalue weighted by Crippen LogP contribution is -2.52. The average Bonchev–Trinajstić information content (AvgIpc) is 3.14. The fourth-order valence-electron chi connectivity index (χ4n) is 2.75. The van der Waals surface area contributed by atoms with Crippen LogP contribution in [-0.2, 0) is 19.6 Å². The van der Waals surface area contributed by atoms with Gasteiger partial charge in [0.15, 0.2) is 11.5 Å². The van der Waals surface area contributed by atoms with Crippen molar-refractivity contribution in [1.82, 2.24) is 14.5 Å². The molecule has 2 aliphatic heterocycles. The number of carbonyl (C=O) groups excluding carboxylic acids is 2. The number of piperazine rings is 1. The van der Waals surface area contributed by atoms with E-state index in [0.717, 1.165) is 0 Å². The maximum absolute atomic E-state index is 12.4. The van der Waals surface area contributed by atoms with E-state index in [1.807, 2.05) is 0 Å². The number of benzene rings is 1. The van der Waals surface area contributed by atoms with Crippen LogP contribution in [0.4, 0.5) is 4.79 Å². The number of ether oxygens (including phenoxy) is 3. The Morgan fingerprint density at radius 3 is 2.48 bits per heavy atom. The zero-order chi connectivity index (χ0) is 19.4. The van der Waals surface area contributed by atoms with Crippen molar-refractivity contribution in [3.8, 4) is 11.5 Å². The number of hydrogen-bond donors (Lipinski definition) is 1. The molecule has 2 aliphatic rings. The number of carbonyl (C=O) groups is 2. The summed E-state index contributed by atoms with van der Waals surface area (Å²) < 4.78 is 42.3. The highest BCUT2D eigenvalue weighted by Crippen LogP contribution is 2.33. The van der Waals surface area contributed by atoms with Crippen molar-refractivity contribution in [3.05, 3.63) is 18.2 Å². The third-order valence-corrected chi connectivity index (χ3v) is 5.63. The summed E-state index contributed by atoms with van der Waals surface area (Å²) in [6.07, 6.45) is -0.409. The van der Waals surface area contributed by atoms with E-state index in [1.165, 1.54) is 28.0 Å². The van der Waals surface area contributed by atoms with Gasteiger partial charge in [-0.25, -0.2) is 17.9 Å². The average molecular weight is 399 g/mol. The summed E-state index contributed by atoms with van der Waals surface area (Å²) in [5, 5.41) is 0. The van der Waals surface area contributed by atoms with E-state index >= 15 is 0 Å². The van der Waals surface area contributed by atoms with Crippen molar-refractivity contribution < 1.29 is 32.2 Å². The molecule has 1 N–H and O–H groups in total. The lowest BCUT2D eigenvalue weighted by molar-refractivity contribution is -0.131. The molecule has 0 radical (unpaired) electrons. The largest absolute Gasteiger partial charge is 0.454 e. The van der Waals surface area contributed by atoms with Crippen LogP contribution in [0, 0.1) is 0 Å². The van der Waals surface area contributed by atoms with Crippen molar-refractivity contribution >= 4 is 22.0 Å². The highest BCUT2D eigenvalue weighted by molar-refractivity contribution is 7.89. The Hall–Kier alpha value is -2.53. The Labute approximate surface area is 157 Å². The van der Waals surface area contributed by atoms with Crippen molar-refractivity contribution in [3.63, 3.8) is 0 Å². The van der Waals surface area contributed by atoms with Crippen molar-refractivity contribution in [2.24, 2.45) is 0 Å². The number of nitrogens with one attached hydrogen (secondary N) is 1. The maximum atomic E-state index is 12.4. The molecule has 0 bridgehead atoms. The van der Waals surface area contributed by atoms with Crippen LogP contribution in [0.25, 0.3) is 0 Å². The van der Waals surface area contributed by atoms with Crippen LogP contribution in [0.2, 0.25) is 0 Å². The molecule has 11 heteroatoms. The van der Waals surface area contributed by atoms with Gasteiger partial charge in [0.1, 0.15) is 0 Å². The first kappa shape index (κ1) is 19.2. The minimum atomic E-state index is -3.86. The first-order valence-corrected chi connectivity index (χ1v) is 9.98. The molecule has 0 saturated carbocycles. The summed E-state index contributed by atoms with van der Waals surface area (Å²) in [7, 11) is -3.86. The van der Waals surface area contributed by atoms with Gasteiger partial charge in [-0.1, -0.05) is 0 Å². The molecule has 1 aromatic carbocycles. The van der Waals surface area contributed by atoms with Gasteiger partial charge in [0, 0.05) is 32.2 Å². The van der Waals surface area contributed by atoms with Crippen LogP contribution in [-0.4, -0.2) is 76.3 Å². The summed E-state index contributed by atoms with van der Waals surface area (Å²) in [4.78, 5) is 27.0. The highest BCUT2D eigenvalue weighted by Gasteiger charge is 2.26. The molecule has 0 aliphatic carbocycles. The number of rotatable bonds is 5. The number of hydrogen-bond acceptors (Lipinski definition) is 7. The third kappa shape index (κ3) is 4.42. The molecule has 1 aromatic rings. The Balaban J connectivity index is 1.52. The quantitative estimate of drug-likeness (QED) is 0.741. The summed E-state index contributed by atoms with van der Waals surface area (Å²) in [5.74, 6) is 0.464. The third-order valence-electron chi connectivity index (χ3n) is 4.23. The Kier molecular flexibility index (Phi) is 5.71. The summed E-state index contributed by atoms with van der Waals surface area (Å²) in [5.41, 5.74) is 0. The van der Waals surface area contributed by atoms with Crippen molar-refractivity contribution in [1.29, 1.82) is 0 Å². The van der Waals surface area contributed by atoms with Gasteiger partial charge in [-0.15, -0.1) is 0 Å². The maximum Gasteiger partial charge on any atom is 0.409 e. The van der Waals surface area contributed by atoms with Gasteiger partial charge in [0.25, 0.3) is 0 Å². The number of fused-ring (bicyclic) bond motifs is 1. The lowest BCUT2D eigenvalue weighted by Gasteiger charge is -2.34. The van der Waals surface area contributed by atoms with E-state index < -0.39 is 16.1 Å². The van der Waals surface area contributed by atoms with Crippen LogP contribution >= 0.6 is 0 Å². The normalized spacial score (nSPS) is 16.3. The topological polar surface area (TPSA) is 114 Å². The fraction of sp³-hybridized carbons (Fsp3) is 0.500. The second-order valence-corrected chi connectivity index (χ2v) is 7.67. The Morgan fingerprint density at radius 2 is 1.78 bits per heavy atom. The van der Waals surface area contributed by atoms with Gasteiger partial charge in [-0.05, 0) is 19.1 Å². The molecular formula is C16H21N3O7S. The molecule has 3 rings (SSSR count). The molecule has 148 valence electrons. The van der Waals surface area contributed by atoms with Crippen LogP contribution in [0.5, 0.6) is 11.5 Å². The van der Waals surface area contributed by atoms with E-state index in [9.17, 15) is 18.0 Å². The van der Waals surface area contributed by atoms with Gasteiger partial charge >= 0.3 is 6.09 Å².